The van der Waals surface area contributed by atoms with Crippen LogP contribution >= 0.6 is 11.6 Å². The second-order valence-electron chi connectivity index (χ2n) is 3.80. The second-order valence-corrected chi connectivity index (χ2v) is 5.89. The van der Waals surface area contributed by atoms with E-state index >= 15 is 0 Å². The van der Waals surface area contributed by atoms with Gasteiger partial charge in [0.15, 0.2) is 0 Å². The van der Waals surface area contributed by atoms with Crippen molar-refractivity contribution in [3.8, 4) is 0 Å². The van der Waals surface area contributed by atoms with Crippen LogP contribution < -0.4 is 4.72 Å². The molecule has 2 aromatic rings. The molecule has 0 spiro atoms. The van der Waals surface area contributed by atoms with Gasteiger partial charge in [-0.2, -0.15) is 0 Å². The molecule has 0 aliphatic heterocycles. The number of sulfonamides is 1. The van der Waals surface area contributed by atoms with E-state index in [1.165, 1.54) is 6.07 Å². The third-order valence-corrected chi connectivity index (χ3v) is 3.99. The normalized spacial score (nSPS) is 11.4. The Morgan fingerprint density at radius 2 is 1.65 bits per heavy atom. The molecule has 0 aliphatic rings. The molecule has 0 aliphatic carbocycles. The summed E-state index contributed by atoms with van der Waals surface area (Å²) in [6, 6.07) is 5.23. The molecular formula is C12H7ClF3NO2S. The van der Waals surface area contributed by atoms with Crippen LogP contribution in [0, 0.1) is 17.5 Å². The van der Waals surface area contributed by atoms with Gasteiger partial charge in [0.05, 0.1) is 5.69 Å². The molecule has 1 N–H and O–H groups in total. The van der Waals surface area contributed by atoms with E-state index in [0.29, 0.717) is 6.07 Å². The number of hydrogen-bond donors (Lipinski definition) is 1. The van der Waals surface area contributed by atoms with Crippen LogP contribution in [-0.4, -0.2) is 8.42 Å². The lowest BCUT2D eigenvalue weighted by atomic mass is 10.3. The third kappa shape index (κ3) is 3.05. The highest BCUT2D eigenvalue weighted by Crippen LogP contribution is 2.23. The zero-order valence-electron chi connectivity index (χ0n) is 9.70. The van der Waals surface area contributed by atoms with E-state index in [-0.39, 0.29) is 5.02 Å². The van der Waals surface area contributed by atoms with Crippen molar-refractivity contribution in [3.05, 3.63) is 58.9 Å². The van der Waals surface area contributed by atoms with Crippen LogP contribution in [-0.2, 0) is 10.0 Å². The van der Waals surface area contributed by atoms with E-state index in [9.17, 15) is 21.6 Å². The molecule has 0 saturated heterocycles. The summed E-state index contributed by atoms with van der Waals surface area (Å²) < 4.78 is 65.3. The maximum absolute atomic E-state index is 13.6. The molecule has 0 bridgehead atoms. The van der Waals surface area contributed by atoms with Crippen LogP contribution in [0.2, 0.25) is 5.02 Å². The van der Waals surface area contributed by atoms with Gasteiger partial charge in [-0.1, -0.05) is 11.6 Å². The van der Waals surface area contributed by atoms with Crippen LogP contribution in [0.4, 0.5) is 18.9 Å². The minimum absolute atomic E-state index is 0.0226. The Labute approximate surface area is 118 Å². The van der Waals surface area contributed by atoms with Crippen LogP contribution in [0.15, 0.2) is 41.3 Å². The highest BCUT2D eigenvalue weighted by Gasteiger charge is 2.20. The van der Waals surface area contributed by atoms with E-state index in [2.05, 4.69) is 0 Å². The largest absolute Gasteiger partial charge is 0.277 e. The molecular weight excluding hydrogens is 315 g/mol. The van der Waals surface area contributed by atoms with Crippen molar-refractivity contribution in [3.63, 3.8) is 0 Å². The molecule has 0 saturated carbocycles. The summed E-state index contributed by atoms with van der Waals surface area (Å²) in [6.07, 6.45) is 0. The number of rotatable bonds is 3. The van der Waals surface area contributed by atoms with Crippen molar-refractivity contribution < 1.29 is 21.6 Å². The Hall–Kier alpha value is -1.73. The summed E-state index contributed by atoms with van der Waals surface area (Å²) in [5, 5.41) is 0.0226. The fourth-order valence-corrected chi connectivity index (χ4v) is 2.75. The summed E-state index contributed by atoms with van der Waals surface area (Å²) in [5.41, 5.74) is -0.485. The number of hydrogen-bond acceptors (Lipinski definition) is 2. The zero-order chi connectivity index (χ0) is 14.9. The third-order valence-electron chi connectivity index (χ3n) is 2.36. The van der Waals surface area contributed by atoms with E-state index in [1.54, 1.807) is 0 Å². The molecule has 3 nitrogen and oxygen atoms in total. The van der Waals surface area contributed by atoms with E-state index in [1.807, 2.05) is 4.72 Å². The summed E-state index contributed by atoms with van der Waals surface area (Å²) >= 11 is 5.51. The summed E-state index contributed by atoms with van der Waals surface area (Å²) in [4.78, 5) is -0.689. The molecule has 0 atom stereocenters. The van der Waals surface area contributed by atoms with Gasteiger partial charge in [-0.25, -0.2) is 21.6 Å². The molecule has 2 aromatic carbocycles. The van der Waals surface area contributed by atoms with Crippen molar-refractivity contribution >= 4 is 27.3 Å². The van der Waals surface area contributed by atoms with Gasteiger partial charge in [-0.3, -0.25) is 4.72 Å². The zero-order valence-corrected chi connectivity index (χ0v) is 11.3. The van der Waals surface area contributed by atoms with E-state index < -0.39 is 38.1 Å². The fourth-order valence-electron chi connectivity index (χ4n) is 1.47. The van der Waals surface area contributed by atoms with Crippen molar-refractivity contribution in [1.82, 2.24) is 0 Å². The first kappa shape index (κ1) is 14.7. The molecule has 0 fully saturated rings. The Bertz CT molecular complexity index is 765. The Kier molecular flexibility index (Phi) is 3.92. The minimum Gasteiger partial charge on any atom is -0.277 e. The SMILES string of the molecule is O=S(=O)(Nc1ccc(F)cc1F)c1ccc(Cl)cc1F. The highest BCUT2D eigenvalue weighted by molar-refractivity contribution is 7.92. The monoisotopic (exact) mass is 321 g/mol. The molecule has 106 valence electrons. The predicted octanol–water partition coefficient (Wildman–Crippen LogP) is 3.56. The Balaban J connectivity index is 2.41. The van der Waals surface area contributed by atoms with Gasteiger partial charge in [-0.15, -0.1) is 0 Å². The standard InChI is InChI=1S/C12H7ClF3NO2S/c13-7-1-4-12(10(16)5-7)20(18,19)17-11-3-2-8(14)6-9(11)15/h1-6,17H. The minimum atomic E-state index is -4.34. The predicted molar refractivity (Wildman–Crippen MR) is 68.6 cm³/mol. The van der Waals surface area contributed by atoms with Crippen molar-refractivity contribution in [1.29, 1.82) is 0 Å². The number of anilines is 1. The molecule has 8 heteroatoms. The number of benzene rings is 2. The lowest BCUT2D eigenvalue weighted by Gasteiger charge is -2.09. The molecule has 0 aromatic heterocycles. The van der Waals surface area contributed by atoms with Gasteiger partial charge in [0.25, 0.3) is 10.0 Å². The lowest BCUT2D eigenvalue weighted by Crippen LogP contribution is -2.15. The van der Waals surface area contributed by atoms with E-state index in [0.717, 1.165) is 24.3 Å². The Morgan fingerprint density at radius 3 is 2.25 bits per heavy atom. The highest BCUT2D eigenvalue weighted by atomic mass is 35.5. The molecule has 0 heterocycles. The maximum atomic E-state index is 13.6. The van der Waals surface area contributed by atoms with Gasteiger partial charge in [-0.05, 0) is 30.3 Å². The summed E-state index contributed by atoms with van der Waals surface area (Å²) in [7, 11) is -4.34. The van der Waals surface area contributed by atoms with Gasteiger partial charge in [0.1, 0.15) is 22.3 Å². The Morgan fingerprint density at radius 1 is 0.950 bits per heavy atom. The number of halogens is 4. The van der Waals surface area contributed by atoms with Crippen LogP contribution in [0.1, 0.15) is 0 Å². The molecule has 0 unspecified atom stereocenters. The first-order valence-electron chi connectivity index (χ1n) is 5.22. The summed E-state index contributed by atoms with van der Waals surface area (Å²) in [6.45, 7) is 0. The van der Waals surface area contributed by atoms with Crippen LogP contribution in [0.3, 0.4) is 0 Å². The quantitative estimate of drug-likeness (QED) is 0.939. The summed E-state index contributed by atoms with van der Waals surface area (Å²) in [5.74, 6) is -3.04. The molecule has 20 heavy (non-hydrogen) atoms. The first-order chi connectivity index (χ1) is 9.29. The van der Waals surface area contributed by atoms with Gasteiger partial charge < -0.3 is 0 Å². The second kappa shape index (κ2) is 5.34. The maximum Gasteiger partial charge on any atom is 0.264 e. The van der Waals surface area contributed by atoms with Crippen molar-refractivity contribution in [2.45, 2.75) is 4.90 Å². The van der Waals surface area contributed by atoms with E-state index in [4.69, 9.17) is 11.6 Å². The van der Waals surface area contributed by atoms with Crippen LogP contribution in [0.5, 0.6) is 0 Å². The van der Waals surface area contributed by atoms with Gasteiger partial charge >= 0.3 is 0 Å². The average Bonchev–Trinajstić information content (AvgIpc) is 2.32. The van der Waals surface area contributed by atoms with Gasteiger partial charge in [0, 0.05) is 11.1 Å². The molecule has 2 rings (SSSR count). The topological polar surface area (TPSA) is 46.2 Å². The average molecular weight is 322 g/mol. The first-order valence-corrected chi connectivity index (χ1v) is 7.08. The van der Waals surface area contributed by atoms with Crippen LogP contribution in [0.25, 0.3) is 0 Å². The molecule has 0 amide bonds. The number of nitrogens with one attached hydrogen (secondary N) is 1. The smallest absolute Gasteiger partial charge is 0.264 e. The lowest BCUT2D eigenvalue weighted by molar-refractivity contribution is 0.567. The van der Waals surface area contributed by atoms with Gasteiger partial charge in [0.2, 0.25) is 0 Å². The van der Waals surface area contributed by atoms with Crippen molar-refractivity contribution in [2.24, 2.45) is 0 Å². The fraction of sp³-hybridized carbons (Fsp3) is 0. The molecule has 0 radical (unpaired) electrons. The van der Waals surface area contributed by atoms with Crippen molar-refractivity contribution in [2.75, 3.05) is 4.72 Å².